The van der Waals surface area contributed by atoms with Crippen molar-refractivity contribution in [2.45, 2.75) is 6.92 Å². The van der Waals surface area contributed by atoms with E-state index in [4.69, 9.17) is 0 Å². The molecule has 0 radical (unpaired) electrons. The van der Waals surface area contributed by atoms with Crippen molar-refractivity contribution in [3.05, 3.63) is 76.0 Å². The quantitative estimate of drug-likeness (QED) is 0.434. The van der Waals surface area contributed by atoms with E-state index in [1.54, 1.807) is 10.7 Å². The zero-order chi connectivity index (χ0) is 19.8. The maximum atomic E-state index is 12.6. The molecular formula is C19H16N6O3. The van der Waals surface area contributed by atoms with Gasteiger partial charge in [-0.15, -0.1) is 0 Å². The number of aryl methyl sites for hydroxylation is 2. The maximum Gasteiger partial charge on any atom is 0.270 e. The molecule has 0 fully saturated rings. The lowest BCUT2D eigenvalue weighted by atomic mass is 10.2. The Bertz CT molecular complexity index is 1220. The monoisotopic (exact) mass is 376 g/mol. The van der Waals surface area contributed by atoms with Crippen molar-refractivity contribution in [2.75, 3.05) is 5.32 Å². The SMILES string of the molecule is Cc1cc(NC(=O)c2cccc([N+](=O)[O-])c2)n(-c2nc3ccccc3n2C)n1. The van der Waals surface area contributed by atoms with Gasteiger partial charge in [0.05, 0.1) is 21.7 Å². The Hall–Kier alpha value is -4.01. The highest BCUT2D eigenvalue weighted by atomic mass is 16.6. The first kappa shape index (κ1) is 17.4. The van der Waals surface area contributed by atoms with Gasteiger partial charge >= 0.3 is 0 Å². The minimum absolute atomic E-state index is 0.146. The summed E-state index contributed by atoms with van der Waals surface area (Å²) in [5.74, 6) is 0.500. The van der Waals surface area contributed by atoms with Crippen molar-refractivity contribution < 1.29 is 9.72 Å². The lowest BCUT2D eigenvalue weighted by molar-refractivity contribution is -0.384. The van der Waals surface area contributed by atoms with E-state index in [0.717, 1.165) is 11.0 Å². The summed E-state index contributed by atoms with van der Waals surface area (Å²) in [6, 6.07) is 15.0. The van der Waals surface area contributed by atoms with Crippen molar-refractivity contribution in [3.8, 4) is 5.95 Å². The van der Waals surface area contributed by atoms with Gasteiger partial charge < -0.3 is 9.88 Å². The Morgan fingerprint density at radius 1 is 1.14 bits per heavy atom. The number of hydrogen-bond acceptors (Lipinski definition) is 5. The van der Waals surface area contributed by atoms with Crippen LogP contribution in [-0.4, -0.2) is 30.2 Å². The molecular weight excluding hydrogens is 360 g/mol. The van der Waals surface area contributed by atoms with E-state index < -0.39 is 10.8 Å². The lowest BCUT2D eigenvalue weighted by Crippen LogP contribution is -2.16. The van der Waals surface area contributed by atoms with E-state index in [1.165, 1.54) is 24.3 Å². The number of fused-ring (bicyclic) bond motifs is 1. The molecule has 9 heteroatoms. The molecule has 0 spiro atoms. The Morgan fingerprint density at radius 3 is 2.68 bits per heavy atom. The van der Waals surface area contributed by atoms with E-state index in [0.29, 0.717) is 17.5 Å². The van der Waals surface area contributed by atoms with Crippen LogP contribution in [0.1, 0.15) is 16.1 Å². The summed E-state index contributed by atoms with van der Waals surface area (Å²) in [6.07, 6.45) is 0. The fraction of sp³-hybridized carbons (Fsp3) is 0.105. The summed E-state index contributed by atoms with van der Waals surface area (Å²) in [6.45, 7) is 1.81. The summed E-state index contributed by atoms with van der Waals surface area (Å²) >= 11 is 0. The third kappa shape index (κ3) is 2.98. The second-order valence-corrected chi connectivity index (χ2v) is 6.30. The number of nitrogens with zero attached hydrogens (tertiary/aromatic N) is 5. The zero-order valence-electron chi connectivity index (χ0n) is 15.2. The van der Waals surface area contributed by atoms with Gasteiger partial charge in [0.15, 0.2) is 0 Å². The maximum absolute atomic E-state index is 12.6. The average Bonchev–Trinajstić information content (AvgIpc) is 3.21. The molecule has 0 unspecified atom stereocenters. The molecule has 4 aromatic rings. The largest absolute Gasteiger partial charge is 0.311 e. The number of nitrogens with one attached hydrogen (secondary N) is 1. The number of imidazole rings is 1. The zero-order valence-corrected chi connectivity index (χ0v) is 15.2. The van der Waals surface area contributed by atoms with Crippen molar-refractivity contribution in [1.29, 1.82) is 0 Å². The summed E-state index contributed by atoms with van der Waals surface area (Å²) in [5, 5.41) is 18.2. The molecule has 0 saturated heterocycles. The minimum atomic E-state index is -0.537. The number of nitro groups is 1. The number of non-ortho nitro benzene ring substituents is 1. The van der Waals surface area contributed by atoms with Gasteiger partial charge in [0.2, 0.25) is 5.95 Å². The van der Waals surface area contributed by atoms with E-state index in [1.807, 2.05) is 42.8 Å². The number of aromatic nitrogens is 4. The van der Waals surface area contributed by atoms with Crippen LogP contribution in [0.3, 0.4) is 0 Å². The Labute approximate surface area is 159 Å². The first-order valence-corrected chi connectivity index (χ1v) is 8.48. The van der Waals surface area contributed by atoms with Gasteiger partial charge in [-0.1, -0.05) is 18.2 Å². The number of para-hydroxylation sites is 2. The van der Waals surface area contributed by atoms with Crippen LogP contribution < -0.4 is 5.32 Å². The lowest BCUT2D eigenvalue weighted by Gasteiger charge is -2.09. The molecule has 0 bridgehead atoms. The van der Waals surface area contributed by atoms with Crippen LogP contribution in [0.4, 0.5) is 11.5 Å². The van der Waals surface area contributed by atoms with E-state index in [9.17, 15) is 14.9 Å². The van der Waals surface area contributed by atoms with Crippen LogP contribution in [0, 0.1) is 17.0 Å². The van der Waals surface area contributed by atoms with Crippen LogP contribution in [0.15, 0.2) is 54.6 Å². The first-order valence-electron chi connectivity index (χ1n) is 8.48. The van der Waals surface area contributed by atoms with Gasteiger partial charge in [0.1, 0.15) is 5.82 Å². The second-order valence-electron chi connectivity index (χ2n) is 6.30. The van der Waals surface area contributed by atoms with Crippen LogP contribution >= 0.6 is 0 Å². The smallest absolute Gasteiger partial charge is 0.270 e. The molecule has 2 heterocycles. The van der Waals surface area contributed by atoms with Crippen molar-refractivity contribution in [3.63, 3.8) is 0 Å². The molecule has 0 aliphatic heterocycles. The van der Waals surface area contributed by atoms with Crippen LogP contribution in [0.5, 0.6) is 0 Å². The van der Waals surface area contributed by atoms with Crippen molar-refractivity contribution in [1.82, 2.24) is 19.3 Å². The fourth-order valence-corrected chi connectivity index (χ4v) is 3.01. The number of benzene rings is 2. The average molecular weight is 376 g/mol. The standard InChI is InChI=1S/C19H16N6O3/c1-12-10-17(21-18(26)13-6-5-7-14(11-13)25(27)28)24(22-12)19-20-15-8-3-4-9-16(15)23(19)2/h3-11H,1-2H3,(H,21,26). The van der Waals surface area contributed by atoms with E-state index in [-0.39, 0.29) is 11.3 Å². The van der Waals surface area contributed by atoms with Gasteiger partial charge in [-0.25, -0.2) is 4.98 Å². The normalized spacial score (nSPS) is 10.9. The molecule has 0 aliphatic rings. The minimum Gasteiger partial charge on any atom is -0.311 e. The third-order valence-corrected chi connectivity index (χ3v) is 4.35. The fourth-order valence-electron chi connectivity index (χ4n) is 3.01. The highest BCUT2D eigenvalue weighted by Gasteiger charge is 2.18. The number of hydrogen-bond donors (Lipinski definition) is 1. The van der Waals surface area contributed by atoms with Gasteiger partial charge in [-0.2, -0.15) is 9.78 Å². The summed E-state index contributed by atoms with van der Waals surface area (Å²) < 4.78 is 3.43. The molecule has 4 rings (SSSR count). The highest BCUT2D eigenvalue weighted by molar-refractivity contribution is 6.04. The van der Waals surface area contributed by atoms with Gasteiger partial charge in [0.25, 0.3) is 11.6 Å². The molecule has 140 valence electrons. The number of anilines is 1. The van der Waals surface area contributed by atoms with E-state index >= 15 is 0 Å². The summed E-state index contributed by atoms with van der Waals surface area (Å²) in [7, 11) is 1.87. The molecule has 2 aromatic heterocycles. The number of carbonyl (C=O) groups excluding carboxylic acids is 1. The molecule has 28 heavy (non-hydrogen) atoms. The molecule has 1 amide bonds. The van der Waals surface area contributed by atoms with Gasteiger partial charge in [0, 0.05) is 30.8 Å². The topological polar surface area (TPSA) is 108 Å². The Kier molecular flexibility index (Phi) is 4.11. The van der Waals surface area contributed by atoms with Crippen molar-refractivity contribution in [2.24, 2.45) is 7.05 Å². The molecule has 2 aromatic carbocycles. The summed E-state index contributed by atoms with van der Waals surface area (Å²) in [5.41, 5.74) is 2.48. The highest BCUT2D eigenvalue weighted by Crippen LogP contribution is 2.22. The van der Waals surface area contributed by atoms with Crippen LogP contribution in [0.25, 0.3) is 17.0 Å². The molecule has 0 atom stereocenters. The van der Waals surface area contributed by atoms with E-state index in [2.05, 4.69) is 15.4 Å². The first-order chi connectivity index (χ1) is 13.4. The Morgan fingerprint density at radius 2 is 1.93 bits per heavy atom. The van der Waals surface area contributed by atoms with Crippen LogP contribution in [-0.2, 0) is 7.05 Å². The van der Waals surface area contributed by atoms with Gasteiger partial charge in [-0.3, -0.25) is 14.9 Å². The molecule has 9 nitrogen and oxygen atoms in total. The molecule has 0 saturated carbocycles. The third-order valence-electron chi connectivity index (χ3n) is 4.35. The predicted molar refractivity (Wildman–Crippen MR) is 104 cm³/mol. The molecule has 1 N–H and O–H groups in total. The van der Waals surface area contributed by atoms with Crippen LogP contribution in [0.2, 0.25) is 0 Å². The summed E-state index contributed by atoms with van der Waals surface area (Å²) in [4.78, 5) is 27.6. The van der Waals surface area contributed by atoms with Gasteiger partial charge in [-0.05, 0) is 25.1 Å². The Balaban J connectivity index is 1.72. The number of carbonyl (C=O) groups is 1. The van der Waals surface area contributed by atoms with Crippen molar-refractivity contribution >= 4 is 28.4 Å². The number of rotatable bonds is 4. The predicted octanol–water partition coefficient (Wildman–Crippen LogP) is 3.23. The number of nitro benzene ring substituents is 1. The molecule has 0 aliphatic carbocycles. The second kappa shape index (κ2) is 6.62. The number of amides is 1.